The largest absolute Gasteiger partial charge is 0.477 e. The molecule has 0 spiro atoms. The van der Waals surface area contributed by atoms with Gasteiger partial charge in [-0.2, -0.15) is 0 Å². The van der Waals surface area contributed by atoms with Crippen LogP contribution in [-0.4, -0.2) is 87.4 Å². The number of hydrogen-bond acceptors (Lipinski definition) is 7. The minimum Gasteiger partial charge on any atom is -0.477 e. The average Bonchev–Trinajstić information content (AvgIpc) is 3.47. The molecule has 0 saturated carbocycles. The minimum atomic E-state index is -1.51. The van der Waals surface area contributed by atoms with Crippen LogP contribution in [0.5, 0.6) is 0 Å². The van der Waals surface area contributed by atoms with E-state index in [0.717, 1.165) is 51.4 Å². The van der Waals surface area contributed by atoms with E-state index in [2.05, 4.69) is 50.3 Å². The number of quaternary nitrogens is 1. The normalized spacial score (nSPS) is 12.8. The van der Waals surface area contributed by atoms with Gasteiger partial charge in [-0.1, -0.05) is 326 Å². The van der Waals surface area contributed by atoms with Crippen LogP contribution in [0.3, 0.4) is 0 Å². The van der Waals surface area contributed by atoms with Crippen molar-refractivity contribution < 1.29 is 42.9 Å². The fraction of sp³-hybridized carbons (Fsp3) is 0.877. The van der Waals surface area contributed by atoms with Crippen molar-refractivity contribution in [2.45, 2.75) is 367 Å². The summed E-state index contributed by atoms with van der Waals surface area (Å²) in [6, 6.07) is 0. The van der Waals surface area contributed by atoms with E-state index in [-0.39, 0.29) is 38.2 Å². The number of carbonyl (C=O) groups is 3. The Bertz CT molecular complexity index is 1440. The number of hydrogen-bond donors (Lipinski definition) is 1. The number of carboxylic acid groups (broad SMARTS) is 1. The summed E-state index contributed by atoms with van der Waals surface area (Å²) >= 11 is 0. The first kappa shape index (κ1) is 79.5. The topological polar surface area (TPSA) is 108 Å². The zero-order chi connectivity index (χ0) is 59.8. The van der Waals surface area contributed by atoms with Gasteiger partial charge in [0.2, 0.25) is 0 Å². The highest BCUT2D eigenvalue weighted by molar-refractivity contribution is 5.71. The lowest BCUT2D eigenvalue weighted by Crippen LogP contribution is -2.40. The van der Waals surface area contributed by atoms with Gasteiger partial charge in [0, 0.05) is 12.8 Å². The van der Waals surface area contributed by atoms with Crippen molar-refractivity contribution in [1.29, 1.82) is 0 Å². The smallest absolute Gasteiger partial charge is 0.361 e. The maximum Gasteiger partial charge on any atom is 0.361 e. The molecule has 0 fully saturated rings. The summed E-state index contributed by atoms with van der Waals surface area (Å²) in [7, 11) is 5.99. The predicted octanol–water partition coefficient (Wildman–Crippen LogP) is 22.0. The van der Waals surface area contributed by atoms with Crippen molar-refractivity contribution in [1.82, 2.24) is 0 Å². The molecule has 0 heterocycles. The Hall–Kier alpha value is -2.49. The Labute approximate surface area is 509 Å². The molecule has 0 aromatic rings. The van der Waals surface area contributed by atoms with Gasteiger partial charge in [-0.25, -0.2) is 4.79 Å². The lowest BCUT2D eigenvalue weighted by Gasteiger charge is -2.25. The van der Waals surface area contributed by atoms with Crippen LogP contribution in [0.15, 0.2) is 36.5 Å². The second-order valence-electron chi connectivity index (χ2n) is 25.6. The highest BCUT2D eigenvalue weighted by Gasteiger charge is 2.25. The molecule has 0 rings (SSSR count). The number of aliphatic carboxylic acids is 1. The first-order valence-electron chi connectivity index (χ1n) is 35.7. The van der Waals surface area contributed by atoms with Gasteiger partial charge < -0.3 is 28.5 Å². The first-order valence-corrected chi connectivity index (χ1v) is 35.7. The molecule has 0 aliphatic heterocycles. The summed E-state index contributed by atoms with van der Waals surface area (Å²) in [5.41, 5.74) is 0. The molecular formula is C73H138NO8+. The number of ether oxygens (including phenoxy) is 4. The molecule has 0 amide bonds. The Morgan fingerprint density at radius 1 is 0.366 bits per heavy atom. The van der Waals surface area contributed by atoms with Crippen LogP contribution in [0.4, 0.5) is 0 Å². The fourth-order valence-corrected chi connectivity index (χ4v) is 10.7. The van der Waals surface area contributed by atoms with Crippen LogP contribution in [0.25, 0.3) is 0 Å². The summed E-state index contributed by atoms with van der Waals surface area (Å²) in [6.07, 6.45) is 78.4. The van der Waals surface area contributed by atoms with E-state index in [1.807, 2.05) is 21.1 Å². The van der Waals surface area contributed by atoms with Crippen LogP contribution in [-0.2, 0) is 33.3 Å². The highest BCUT2D eigenvalue weighted by atomic mass is 16.7. The quantitative estimate of drug-likeness (QED) is 0.0211. The number of nitrogens with zero attached hydrogens (tertiary/aromatic N) is 1. The van der Waals surface area contributed by atoms with Gasteiger partial charge in [0.1, 0.15) is 13.2 Å². The van der Waals surface area contributed by atoms with Crippen LogP contribution in [0.1, 0.15) is 354 Å². The molecule has 82 heavy (non-hydrogen) atoms. The molecule has 2 unspecified atom stereocenters. The maximum atomic E-state index is 12.9. The second-order valence-corrected chi connectivity index (χ2v) is 25.6. The third-order valence-corrected chi connectivity index (χ3v) is 16.1. The lowest BCUT2D eigenvalue weighted by molar-refractivity contribution is -0.870. The Kier molecular flexibility index (Phi) is 62.5. The average molecular weight is 1160 g/mol. The Balaban J connectivity index is 4.00. The van der Waals surface area contributed by atoms with Crippen molar-refractivity contribution >= 4 is 17.9 Å². The van der Waals surface area contributed by atoms with E-state index < -0.39 is 18.4 Å². The summed E-state index contributed by atoms with van der Waals surface area (Å²) in [5, 5.41) is 9.74. The number of carbonyl (C=O) groups excluding carboxylic acids is 2. The molecule has 482 valence electrons. The SMILES string of the molecule is CCCCCCC/C=C\C/C=C\C/C=C\CCCCCCCCCCCCCCCCCCCCCCCCC(=O)OC(COC(=O)CCCCCCCCCCCCCCCCCCCCCC)COC(OCC[N+](C)(C)C)C(=O)O. The molecular weight excluding hydrogens is 1020 g/mol. The third-order valence-electron chi connectivity index (χ3n) is 16.1. The molecule has 0 saturated heterocycles. The van der Waals surface area contributed by atoms with Gasteiger partial charge in [-0.3, -0.25) is 9.59 Å². The zero-order valence-electron chi connectivity index (χ0n) is 55.2. The molecule has 9 nitrogen and oxygen atoms in total. The van der Waals surface area contributed by atoms with Crippen LogP contribution >= 0.6 is 0 Å². The van der Waals surface area contributed by atoms with Crippen molar-refractivity contribution in [3.63, 3.8) is 0 Å². The second kappa shape index (κ2) is 64.5. The Morgan fingerprint density at radius 2 is 0.659 bits per heavy atom. The number of likely N-dealkylation sites (N-methyl/N-ethyl adjacent to an activating group) is 1. The van der Waals surface area contributed by atoms with E-state index >= 15 is 0 Å². The monoisotopic (exact) mass is 1160 g/mol. The van der Waals surface area contributed by atoms with Crippen LogP contribution < -0.4 is 0 Å². The lowest BCUT2D eigenvalue weighted by atomic mass is 10.0. The molecule has 0 aliphatic carbocycles. The molecule has 0 radical (unpaired) electrons. The van der Waals surface area contributed by atoms with Crippen LogP contribution in [0.2, 0.25) is 0 Å². The van der Waals surface area contributed by atoms with Gasteiger partial charge >= 0.3 is 17.9 Å². The maximum absolute atomic E-state index is 12.9. The van der Waals surface area contributed by atoms with Gasteiger partial charge in [0.15, 0.2) is 6.10 Å². The summed E-state index contributed by atoms with van der Waals surface area (Å²) in [4.78, 5) is 37.6. The zero-order valence-corrected chi connectivity index (χ0v) is 55.2. The predicted molar refractivity (Wildman–Crippen MR) is 351 cm³/mol. The van der Waals surface area contributed by atoms with Gasteiger partial charge in [-0.05, 0) is 51.4 Å². The van der Waals surface area contributed by atoms with Crippen LogP contribution in [0, 0.1) is 0 Å². The van der Waals surface area contributed by atoms with Gasteiger partial charge in [-0.15, -0.1) is 0 Å². The molecule has 0 aromatic carbocycles. The third kappa shape index (κ3) is 65.1. The van der Waals surface area contributed by atoms with E-state index in [4.69, 9.17) is 18.9 Å². The molecule has 0 aromatic heterocycles. The van der Waals surface area contributed by atoms with E-state index in [0.29, 0.717) is 17.4 Å². The summed E-state index contributed by atoms with van der Waals surface area (Å²) < 4.78 is 23.0. The fourth-order valence-electron chi connectivity index (χ4n) is 10.7. The van der Waals surface area contributed by atoms with Crippen molar-refractivity contribution in [2.24, 2.45) is 0 Å². The van der Waals surface area contributed by atoms with Crippen molar-refractivity contribution in [3.05, 3.63) is 36.5 Å². The number of unbranched alkanes of at least 4 members (excludes halogenated alkanes) is 46. The Morgan fingerprint density at radius 3 is 0.976 bits per heavy atom. The number of carboxylic acids is 1. The standard InChI is InChI=1S/C73H137NO8/c1-6-8-10-12-14-16-18-20-22-24-26-28-29-30-31-32-33-34-35-36-37-38-39-40-41-42-43-44-46-48-50-52-54-56-58-60-62-64-71(76)82-69(68-81-73(72(77)78)79-66-65-74(3,4)5)67-80-70(75)63-61-59-57-55-53-51-49-47-45-27-25-23-21-19-17-15-13-11-9-7-2/h18,20,24,26,29-30,69,73H,6-17,19,21-23,25,27-28,31-68H2,1-5H3/p+1/b20-18-,26-24-,30-29-. The molecule has 1 N–H and O–H groups in total. The summed E-state index contributed by atoms with van der Waals surface area (Å²) in [6.45, 7) is 4.93. The van der Waals surface area contributed by atoms with E-state index in [9.17, 15) is 19.5 Å². The van der Waals surface area contributed by atoms with Gasteiger partial charge in [0.05, 0.1) is 34.4 Å². The highest BCUT2D eigenvalue weighted by Crippen LogP contribution is 2.19. The number of allylic oxidation sites excluding steroid dienone is 6. The molecule has 2 atom stereocenters. The number of esters is 2. The first-order chi connectivity index (χ1) is 40.1. The summed E-state index contributed by atoms with van der Waals surface area (Å²) in [5.74, 6) is -1.97. The minimum absolute atomic E-state index is 0.175. The van der Waals surface area contributed by atoms with Crippen molar-refractivity contribution in [3.8, 4) is 0 Å². The number of rotatable bonds is 67. The van der Waals surface area contributed by atoms with E-state index in [1.54, 1.807) is 0 Å². The molecule has 0 aliphatic rings. The van der Waals surface area contributed by atoms with E-state index in [1.165, 1.54) is 276 Å². The van der Waals surface area contributed by atoms with Gasteiger partial charge in [0.25, 0.3) is 6.29 Å². The molecule has 9 heteroatoms. The molecule has 0 bridgehead atoms. The van der Waals surface area contributed by atoms with Crippen molar-refractivity contribution in [2.75, 3.05) is 47.5 Å².